The predicted molar refractivity (Wildman–Crippen MR) is 270 cm³/mol. The Hall–Kier alpha value is -6.47. The van der Waals surface area contributed by atoms with Crippen LogP contribution in [0.1, 0.15) is 83.0 Å². The fourth-order valence-electron chi connectivity index (χ4n) is 9.25. The standard InChI is InChI=1S/C51H61N7O14S2/c1-50(2)38-28-35(47(61)54(5)69-7)30-56(24-10-26-73(64)65)45(38)52-40(50)20-16-32-12-9-13-33(44(32)71-37-18-14-34(15-19-37)49(63)72-58-42(59)22-23-43(58)60)17-21-41-51(3,4)39-29-36(48(62)55(6)70-8)31-57(46(39)53-41)25-11-27-74(66,67)68/h14-21,28-31,45H,9-13,22-27H2,1-8H3,(H,64,65)(H,66,67,68). The zero-order valence-corrected chi connectivity index (χ0v) is 44.2. The number of fused-ring (bicyclic) bond motifs is 2. The first-order chi connectivity index (χ1) is 34.9. The molecule has 0 spiro atoms. The highest BCUT2D eigenvalue weighted by atomic mass is 32.2. The minimum Gasteiger partial charge on any atom is -0.772 e. The van der Waals surface area contributed by atoms with Crippen LogP contribution in [0.4, 0.5) is 0 Å². The van der Waals surface area contributed by atoms with Crippen molar-refractivity contribution in [2.24, 2.45) is 20.8 Å². The van der Waals surface area contributed by atoms with Crippen molar-refractivity contribution in [2.45, 2.75) is 78.8 Å². The lowest BCUT2D eigenvalue weighted by atomic mass is 9.78. The number of carbonyl (C=O) groups excluding carboxylic acids is 5. The van der Waals surface area contributed by atoms with Gasteiger partial charge in [0.25, 0.3) is 33.7 Å². The number of amides is 4. The topological polar surface area (TPSA) is 259 Å². The summed E-state index contributed by atoms with van der Waals surface area (Å²) in [7, 11) is 1.49. The van der Waals surface area contributed by atoms with Gasteiger partial charge < -0.3 is 19.0 Å². The third kappa shape index (κ3) is 12.2. The van der Waals surface area contributed by atoms with Crippen LogP contribution in [0.25, 0.3) is 0 Å². The minimum atomic E-state index is -4.26. The van der Waals surface area contributed by atoms with Gasteiger partial charge in [0.05, 0.1) is 54.6 Å². The van der Waals surface area contributed by atoms with Crippen molar-refractivity contribution in [3.8, 4) is 5.75 Å². The normalized spacial score (nSPS) is 22.7. The van der Waals surface area contributed by atoms with Crippen molar-refractivity contribution in [1.82, 2.24) is 20.1 Å². The van der Waals surface area contributed by atoms with Gasteiger partial charge in [-0.3, -0.25) is 42.5 Å². The number of benzene rings is 1. The van der Waals surface area contributed by atoms with E-state index in [4.69, 9.17) is 29.2 Å². The third-order valence-electron chi connectivity index (χ3n) is 13.6. The summed E-state index contributed by atoms with van der Waals surface area (Å²) in [6.45, 7) is 8.48. The first kappa shape index (κ1) is 55.3. The van der Waals surface area contributed by atoms with Crippen molar-refractivity contribution in [1.29, 1.82) is 0 Å². The van der Waals surface area contributed by atoms with Crippen LogP contribution in [-0.4, -0.2) is 142 Å². The van der Waals surface area contributed by atoms with Crippen molar-refractivity contribution >= 4 is 62.3 Å². The van der Waals surface area contributed by atoms with Gasteiger partial charge in [0.1, 0.15) is 23.5 Å². The molecular formula is C51H61N7O14S2. The Bertz CT molecular complexity index is 2940. The van der Waals surface area contributed by atoms with E-state index in [9.17, 15) is 45.7 Å². The Morgan fingerprint density at radius 2 is 1.58 bits per heavy atom. The Morgan fingerprint density at radius 3 is 2.22 bits per heavy atom. The molecule has 7 rings (SSSR count). The first-order valence-corrected chi connectivity index (χ1v) is 26.8. The number of imide groups is 1. The summed E-state index contributed by atoms with van der Waals surface area (Å²) in [6, 6.07) is 6.07. The second-order valence-electron chi connectivity index (χ2n) is 19.3. The van der Waals surface area contributed by atoms with E-state index in [0.29, 0.717) is 70.8 Å². The van der Waals surface area contributed by atoms with Gasteiger partial charge >= 0.3 is 5.97 Å². The number of aliphatic imine (C=N–C) groups is 2. The summed E-state index contributed by atoms with van der Waals surface area (Å²) in [5.41, 5.74) is 3.82. The average Bonchev–Trinajstić information content (AvgIpc) is 3.92. The van der Waals surface area contributed by atoms with E-state index >= 15 is 0 Å². The number of nitrogens with zero attached hydrogens (tertiary/aromatic N) is 6. The maximum absolute atomic E-state index is 13.4. The number of quaternary nitrogens is 1. The highest BCUT2D eigenvalue weighted by molar-refractivity contribution is 7.85. The molecular weight excluding hydrogens is 999 g/mol. The Kier molecular flexibility index (Phi) is 16.9. The molecule has 5 aliphatic heterocycles. The number of amidine groups is 1. The van der Waals surface area contributed by atoms with Gasteiger partial charge in [-0.2, -0.15) is 8.42 Å². The van der Waals surface area contributed by atoms with E-state index in [-0.39, 0.29) is 48.6 Å². The Labute approximate surface area is 432 Å². The molecule has 1 saturated heterocycles. The smallest absolute Gasteiger partial charge is 0.363 e. The number of hydrogen-bond acceptors (Lipinski definition) is 16. The third-order valence-corrected chi connectivity index (χ3v) is 15.0. The van der Waals surface area contributed by atoms with Crippen LogP contribution in [0.15, 0.2) is 128 Å². The quantitative estimate of drug-likeness (QED) is 0.0866. The van der Waals surface area contributed by atoms with Gasteiger partial charge in [-0.05, 0) is 85.4 Å². The molecule has 5 heterocycles. The van der Waals surface area contributed by atoms with Crippen LogP contribution in [0.5, 0.6) is 5.75 Å². The maximum atomic E-state index is 13.4. The molecule has 0 aromatic heterocycles. The van der Waals surface area contributed by atoms with Gasteiger partial charge in [-0.25, -0.2) is 24.9 Å². The number of carbonyl (C=O) groups is 5. The van der Waals surface area contributed by atoms with Crippen molar-refractivity contribution in [3.63, 3.8) is 0 Å². The molecule has 3 atom stereocenters. The predicted octanol–water partition coefficient (Wildman–Crippen LogP) is 3.76. The molecule has 0 bridgehead atoms. The summed E-state index contributed by atoms with van der Waals surface area (Å²) in [5.74, 6) is -2.07. The fourth-order valence-corrected chi connectivity index (χ4v) is 10.1. The Balaban J connectivity index is 1.27. The van der Waals surface area contributed by atoms with Gasteiger partial charge in [-0.1, -0.05) is 50.9 Å². The maximum Gasteiger partial charge on any atom is 0.363 e. The number of nitrogens with one attached hydrogen (secondary N) is 1. The largest absolute Gasteiger partial charge is 0.772 e. The second kappa shape index (κ2) is 22.6. The van der Waals surface area contributed by atoms with Crippen LogP contribution < -0.4 is 9.64 Å². The number of hydroxylamine groups is 6. The molecule has 0 saturated carbocycles. The van der Waals surface area contributed by atoms with E-state index in [1.807, 2.05) is 58.1 Å². The average molecular weight is 1060 g/mol. The number of allylic oxidation sites excluding steroid dienone is 7. The molecule has 1 aromatic rings. The number of ether oxygens (including phenoxy) is 1. The van der Waals surface area contributed by atoms with Crippen LogP contribution in [0.3, 0.4) is 0 Å². The zero-order chi connectivity index (χ0) is 53.9. The van der Waals surface area contributed by atoms with Crippen molar-refractivity contribution < 1.29 is 69.9 Å². The summed E-state index contributed by atoms with van der Waals surface area (Å²) < 4.78 is 62.6. The van der Waals surface area contributed by atoms with Gasteiger partial charge in [0, 0.05) is 73.8 Å². The van der Waals surface area contributed by atoms with Crippen molar-refractivity contribution in [3.05, 3.63) is 124 Å². The molecule has 1 aliphatic carbocycles. The molecule has 396 valence electrons. The molecule has 0 radical (unpaired) electrons. The lowest BCUT2D eigenvalue weighted by Crippen LogP contribution is -3.12. The van der Waals surface area contributed by atoms with Crippen LogP contribution in [0, 0.1) is 10.8 Å². The van der Waals surface area contributed by atoms with Crippen LogP contribution in [-0.2, 0) is 54.9 Å². The van der Waals surface area contributed by atoms with E-state index in [1.54, 1.807) is 35.5 Å². The molecule has 2 N–H and O–H groups in total. The van der Waals surface area contributed by atoms with E-state index in [0.717, 1.165) is 38.2 Å². The lowest BCUT2D eigenvalue weighted by molar-refractivity contribution is -0.868. The summed E-state index contributed by atoms with van der Waals surface area (Å²) in [4.78, 5) is 92.3. The van der Waals surface area contributed by atoms with Crippen molar-refractivity contribution in [2.75, 3.05) is 52.9 Å². The summed E-state index contributed by atoms with van der Waals surface area (Å²) in [6.07, 6.45) is 16.3. The molecule has 3 unspecified atom stereocenters. The van der Waals surface area contributed by atoms with E-state index in [1.165, 1.54) is 40.4 Å². The van der Waals surface area contributed by atoms with Crippen LogP contribution >= 0.6 is 0 Å². The molecule has 21 nitrogen and oxygen atoms in total. The molecule has 1 fully saturated rings. The zero-order valence-electron chi connectivity index (χ0n) is 42.5. The first-order valence-electron chi connectivity index (χ1n) is 23.9. The molecule has 1 aromatic carbocycles. The van der Waals surface area contributed by atoms with Gasteiger partial charge in [0.2, 0.25) is 6.17 Å². The van der Waals surface area contributed by atoms with E-state index < -0.39 is 67.6 Å². The molecule has 23 heteroatoms. The molecule has 4 amide bonds. The van der Waals surface area contributed by atoms with Crippen LogP contribution in [0.2, 0.25) is 0 Å². The SMILES string of the molecule is CON(C)C(=O)C1=CN(CCCS(=O)(=O)O)C2=NC(=CC=C3CCCC(C=CC4=NC5C(=CC(C(=O)N(C)OC)=C[NH+]5CCCS(=O)[O-])C4(C)C)=C3Oc3ccc(C(=O)ON4C(=O)CCC4=O)cc3)C(C)(C)C2=C1. The van der Waals surface area contributed by atoms with E-state index in [2.05, 4.69) is 0 Å². The van der Waals surface area contributed by atoms with Gasteiger partial charge in [0.15, 0.2) is 0 Å². The highest BCUT2D eigenvalue weighted by Gasteiger charge is 2.47. The highest BCUT2D eigenvalue weighted by Crippen LogP contribution is 2.46. The molecule has 6 aliphatic rings. The lowest BCUT2D eigenvalue weighted by Gasteiger charge is -2.31. The number of rotatable bonds is 19. The minimum absolute atomic E-state index is 0.0467. The fraction of sp³-hybridized carbons (Fsp3) is 0.431. The van der Waals surface area contributed by atoms with Gasteiger partial charge in [-0.15, -0.1) is 5.06 Å². The monoisotopic (exact) mass is 1060 g/mol. The number of likely N-dealkylation sites (N-methyl/N-ethyl adjacent to an activating group) is 2. The molecule has 74 heavy (non-hydrogen) atoms. The Morgan fingerprint density at radius 1 is 0.919 bits per heavy atom. The second-order valence-corrected chi connectivity index (χ2v) is 21.9. The number of hydrogen-bond donors (Lipinski definition) is 2. The summed E-state index contributed by atoms with van der Waals surface area (Å²) in [5, 5.41) is 2.69. The summed E-state index contributed by atoms with van der Waals surface area (Å²) >= 11 is -2.24.